The van der Waals surface area contributed by atoms with Crippen molar-refractivity contribution >= 4 is 44.3 Å². The van der Waals surface area contributed by atoms with E-state index in [2.05, 4.69) is 10.4 Å². The summed E-state index contributed by atoms with van der Waals surface area (Å²) in [5.74, 6) is -0.198. The van der Waals surface area contributed by atoms with E-state index in [1.54, 1.807) is 13.1 Å². The first-order valence-electron chi connectivity index (χ1n) is 9.67. The molecule has 3 aromatic carbocycles. The Bertz CT molecular complexity index is 1510. The number of nitrogens with zero attached hydrogens (tertiary/aromatic N) is 2. The van der Waals surface area contributed by atoms with Gasteiger partial charge in [0.15, 0.2) is 0 Å². The summed E-state index contributed by atoms with van der Waals surface area (Å²) in [5, 5.41) is 10.5. The van der Waals surface area contributed by atoms with Crippen molar-refractivity contribution in [3.8, 4) is 0 Å². The van der Waals surface area contributed by atoms with E-state index in [1.807, 2.05) is 61.5 Å². The summed E-state index contributed by atoms with van der Waals surface area (Å²) in [5.41, 5.74) is 3.68. The van der Waals surface area contributed by atoms with E-state index in [1.165, 1.54) is 4.68 Å². The average molecular weight is 397 g/mol. The zero-order chi connectivity index (χ0) is 20.8. The number of aryl methyl sites for hydroxylation is 2. The third-order valence-corrected chi connectivity index (χ3v) is 5.27. The molecule has 0 aliphatic heterocycles. The van der Waals surface area contributed by atoms with Gasteiger partial charge in [0.2, 0.25) is 5.91 Å². The van der Waals surface area contributed by atoms with Crippen LogP contribution in [0.3, 0.4) is 0 Å². The molecular weight excluding hydrogens is 378 g/mol. The fourth-order valence-electron chi connectivity index (χ4n) is 3.83. The van der Waals surface area contributed by atoms with Crippen molar-refractivity contribution < 1.29 is 9.21 Å². The molecule has 0 spiro atoms. The zero-order valence-corrected chi connectivity index (χ0v) is 16.6. The maximum atomic E-state index is 12.8. The van der Waals surface area contributed by atoms with Gasteiger partial charge in [-0.2, -0.15) is 5.10 Å². The third kappa shape index (κ3) is 3.03. The van der Waals surface area contributed by atoms with E-state index in [4.69, 9.17) is 4.42 Å². The number of amides is 1. The molecule has 2 aromatic heterocycles. The Kier molecular flexibility index (Phi) is 4.13. The molecule has 0 saturated heterocycles. The second-order valence-corrected chi connectivity index (χ2v) is 7.46. The van der Waals surface area contributed by atoms with E-state index in [9.17, 15) is 9.59 Å². The summed E-state index contributed by atoms with van der Waals surface area (Å²) in [6.45, 7) is 1.95. The van der Waals surface area contributed by atoms with Crippen LogP contribution in [-0.4, -0.2) is 15.7 Å². The number of furan rings is 1. The number of anilines is 1. The number of para-hydroxylation sites is 1. The summed E-state index contributed by atoms with van der Waals surface area (Å²) in [4.78, 5) is 25.1. The Hall–Kier alpha value is -3.93. The molecule has 0 saturated carbocycles. The fraction of sp³-hybridized carbons (Fsp3) is 0.125. The quantitative estimate of drug-likeness (QED) is 0.492. The molecule has 0 aliphatic rings. The first-order chi connectivity index (χ1) is 14.5. The summed E-state index contributed by atoms with van der Waals surface area (Å²) in [7, 11) is 1.60. The summed E-state index contributed by atoms with van der Waals surface area (Å²) in [6.07, 6.45) is 0.0677. The van der Waals surface area contributed by atoms with Gasteiger partial charge in [0, 0.05) is 28.9 Å². The van der Waals surface area contributed by atoms with Crippen molar-refractivity contribution in [2.75, 3.05) is 5.32 Å². The fourth-order valence-corrected chi connectivity index (χ4v) is 3.83. The predicted molar refractivity (Wildman–Crippen MR) is 118 cm³/mol. The molecule has 1 N–H and O–H groups in total. The van der Waals surface area contributed by atoms with Gasteiger partial charge in [-0.1, -0.05) is 29.8 Å². The van der Waals surface area contributed by atoms with E-state index in [0.29, 0.717) is 22.2 Å². The van der Waals surface area contributed by atoms with Crippen LogP contribution in [0.5, 0.6) is 0 Å². The van der Waals surface area contributed by atoms with E-state index >= 15 is 0 Å². The molecule has 0 unspecified atom stereocenters. The van der Waals surface area contributed by atoms with E-state index in [0.717, 1.165) is 27.5 Å². The van der Waals surface area contributed by atoms with Crippen LogP contribution in [-0.2, 0) is 18.3 Å². The monoisotopic (exact) mass is 397 g/mol. The van der Waals surface area contributed by atoms with Gasteiger partial charge >= 0.3 is 0 Å². The molecule has 148 valence electrons. The van der Waals surface area contributed by atoms with Gasteiger partial charge in [-0.3, -0.25) is 9.59 Å². The molecule has 1 amide bonds. The van der Waals surface area contributed by atoms with Gasteiger partial charge in [-0.05, 0) is 43.3 Å². The lowest BCUT2D eigenvalue weighted by atomic mass is 10.1. The number of hydrogen-bond acceptors (Lipinski definition) is 4. The summed E-state index contributed by atoms with van der Waals surface area (Å²) < 4.78 is 7.12. The predicted octanol–water partition coefficient (Wildman–Crippen LogP) is 4.32. The average Bonchev–Trinajstić information content (AvgIpc) is 3.10. The van der Waals surface area contributed by atoms with Crippen LogP contribution >= 0.6 is 0 Å². The molecule has 6 heteroatoms. The number of fused-ring (bicyclic) bond motifs is 4. The highest BCUT2D eigenvalue weighted by Crippen LogP contribution is 2.30. The van der Waals surface area contributed by atoms with Crippen molar-refractivity contribution in [3.05, 3.63) is 82.3 Å². The van der Waals surface area contributed by atoms with Crippen molar-refractivity contribution in [1.29, 1.82) is 0 Å². The molecule has 30 heavy (non-hydrogen) atoms. The Labute approximate surface area is 171 Å². The minimum absolute atomic E-state index is 0.0677. The van der Waals surface area contributed by atoms with Crippen LogP contribution in [0.4, 0.5) is 5.69 Å². The van der Waals surface area contributed by atoms with Crippen molar-refractivity contribution in [2.24, 2.45) is 7.05 Å². The van der Waals surface area contributed by atoms with Crippen LogP contribution < -0.4 is 10.9 Å². The minimum Gasteiger partial charge on any atom is -0.456 e. The molecule has 0 radical (unpaired) electrons. The lowest BCUT2D eigenvalue weighted by Crippen LogP contribution is -2.24. The van der Waals surface area contributed by atoms with Crippen LogP contribution in [0.2, 0.25) is 0 Å². The van der Waals surface area contributed by atoms with Gasteiger partial charge in [0.1, 0.15) is 11.2 Å². The number of nitrogens with one attached hydrogen (secondary N) is 1. The molecule has 0 bridgehead atoms. The van der Waals surface area contributed by atoms with Crippen LogP contribution in [0, 0.1) is 6.92 Å². The Morgan fingerprint density at radius 3 is 2.63 bits per heavy atom. The van der Waals surface area contributed by atoms with Crippen LogP contribution in [0.25, 0.3) is 32.7 Å². The third-order valence-electron chi connectivity index (χ3n) is 5.27. The summed E-state index contributed by atoms with van der Waals surface area (Å²) >= 11 is 0. The van der Waals surface area contributed by atoms with Crippen molar-refractivity contribution in [2.45, 2.75) is 13.3 Å². The van der Waals surface area contributed by atoms with Gasteiger partial charge in [0.05, 0.1) is 17.5 Å². The maximum Gasteiger partial charge on any atom is 0.274 e. The maximum absolute atomic E-state index is 12.8. The second-order valence-electron chi connectivity index (χ2n) is 7.46. The smallest absolute Gasteiger partial charge is 0.274 e. The molecule has 0 fully saturated rings. The van der Waals surface area contributed by atoms with Crippen LogP contribution in [0.15, 0.2) is 69.9 Å². The van der Waals surface area contributed by atoms with Crippen LogP contribution in [0.1, 0.15) is 11.3 Å². The molecule has 5 rings (SSSR count). The van der Waals surface area contributed by atoms with Gasteiger partial charge < -0.3 is 9.73 Å². The van der Waals surface area contributed by atoms with Gasteiger partial charge in [-0.15, -0.1) is 0 Å². The number of benzene rings is 3. The van der Waals surface area contributed by atoms with Gasteiger partial charge in [-0.25, -0.2) is 4.68 Å². The van der Waals surface area contributed by atoms with Crippen molar-refractivity contribution in [3.63, 3.8) is 0 Å². The molecule has 6 nitrogen and oxygen atoms in total. The zero-order valence-electron chi connectivity index (χ0n) is 16.6. The number of rotatable bonds is 3. The van der Waals surface area contributed by atoms with E-state index < -0.39 is 0 Å². The highest BCUT2D eigenvalue weighted by Gasteiger charge is 2.14. The normalized spacial score (nSPS) is 11.4. The number of aromatic nitrogens is 2. The molecule has 0 aliphatic carbocycles. The highest BCUT2D eigenvalue weighted by atomic mass is 16.3. The Morgan fingerprint density at radius 1 is 0.967 bits per heavy atom. The van der Waals surface area contributed by atoms with Gasteiger partial charge in [0.25, 0.3) is 5.56 Å². The topological polar surface area (TPSA) is 77.1 Å². The Balaban J connectivity index is 1.48. The SMILES string of the molecule is Cc1ccc2c(=O)n(C)nc(CC(=O)Nc3ccc4oc5ccccc5c4c3)c2c1. The first kappa shape index (κ1) is 18.1. The summed E-state index contributed by atoms with van der Waals surface area (Å²) in [6, 6.07) is 19.0. The Morgan fingerprint density at radius 2 is 1.77 bits per heavy atom. The molecule has 5 aromatic rings. The lowest BCUT2D eigenvalue weighted by Gasteiger charge is -2.10. The second kappa shape index (κ2) is 6.84. The standard InChI is InChI=1S/C24H19N3O3/c1-14-7-9-17-18(11-14)20(26-27(2)24(17)29)13-23(28)25-15-8-10-22-19(12-15)16-5-3-4-6-21(16)30-22/h3-12H,13H2,1-2H3,(H,25,28). The number of hydrogen-bond donors (Lipinski definition) is 1. The number of carbonyl (C=O) groups excluding carboxylic acids is 1. The molecule has 2 heterocycles. The largest absolute Gasteiger partial charge is 0.456 e. The highest BCUT2D eigenvalue weighted by molar-refractivity contribution is 6.07. The minimum atomic E-state index is -0.198. The van der Waals surface area contributed by atoms with E-state index in [-0.39, 0.29) is 17.9 Å². The molecular formula is C24H19N3O3. The molecule has 0 atom stereocenters. The lowest BCUT2D eigenvalue weighted by molar-refractivity contribution is -0.115. The number of carbonyl (C=O) groups is 1. The first-order valence-corrected chi connectivity index (χ1v) is 9.67. The van der Waals surface area contributed by atoms with Crippen molar-refractivity contribution in [1.82, 2.24) is 9.78 Å².